The van der Waals surface area contributed by atoms with Gasteiger partial charge in [-0.2, -0.15) is 0 Å². The Morgan fingerprint density at radius 2 is 1.81 bits per heavy atom. The molecule has 5 amide bonds. The van der Waals surface area contributed by atoms with E-state index in [9.17, 15) is 19.2 Å². The Balaban J connectivity index is 1.32. The zero-order valence-electron chi connectivity index (χ0n) is 25.2. The van der Waals surface area contributed by atoms with Crippen molar-refractivity contribution in [1.29, 1.82) is 0 Å². The van der Waals surface area contributed by atoms with Crippen LogP contribution in [0.25, 0.3) is 0 Å². The number of likely N-dealkylation sites (tertiary alicyclic amines) is 1. The minimum Gasteiger partial charge on any atom is -0.493 e. The zero-order chi connectivity index (χ0) is 29.8. The Labute approximate surface area is 248 Å². The van der Waals surface area contributed by atoms with Crippen LogP contribution in [0.4, 0.5) is 4.79 Å². The van der Waals surface area contributed by atoms with Gasteiger partial charge in [-0.05, 0) is 67.6 Å². The summed E-state index contributed by atoms with van der Waals surface area (Å²) in [6.07, 6.45) is 5.29. The summed E-state index contributed by atoms with van der Waals surface area (Å²) >= 11 is 0. The number of hydrogen-bond donors (Lipinski definition) is 1. The molecule has 4 aliphatic rings. The van der Waals surface area contributed by atoms with E-state index in [-0.39, 0.29) is 48.2 Å². The van der Waals surface area contributed by atoms with Crippen LogP contribution in [-0.2, 0) is 27.2 Å². The van der Waals surface area contributed by atoms with Crippen LogP contribution in [0.2, 0.25) is 0 Å². The molecule has 0 aliphatic carbocycles. The minimum absolute atomic E-state index is 0.0210. The van der Waals surface area contributed by atoms with E-state index in [0.717, 1.165) is 36.8 Å². The fourth-order valence-electron chi connectivity index (χ4n) is 7.22. The fourth-order valence-corrected chi connectivity index (χ4v) is 7.22. The van der Waals surface area contributed by atoms with Crippen molar-refractivity contribution in [1.82, 2.24) is 24.9 Å². The van der Waals surface area contributed by atoms with Crippen LogP contribution >= 0.6 is 0 Å². The molecule has 4 aliphatic heterocycles. The van der Waals surface area contributed by atoms with Gasteiger partial charge in [0.05, 0.1) is 14.2 Å². The molecule has 1 aromatic rings. The van der Waals surface area contributed by atoms with Gasteiger partial charge < -0.3 is 34.4 Å². The number of aryl methyl sites for hydroxylation is 2. The van der Waals surface area contributed by atoms with Crippen molar-refractivity contribution in [3.8, 4) is 11.5 Å². The van der Waals surface area contributed by atoms with Crippen LogP contribution < -0.4 is 14.8 Å². The van der Waals surface area contributed by atoms with Gasteiger partial charge in [0.1, 0.15) is 6.54 Å². The molecule has 0 radical (unpaired) electrons. The predicted molar refractivity (Wildman–Crippen MR) is 156 cm³/mol. The summed E-state index contributed by atoms with van der Waals surface area (Å²) in [5.41, 5.74) is 2.04. The highest BCUT2D eigenvalue weighted by Gasteiger charge is 2.43. The van der Waals surface area contributed by atoms with E-state index in [1.807, 2.05) is 15.9 Å². The van der Waals surface area contributed by atoms with Crippen molar-refractivity contribution < 1.29 is 28.7 Å². The lowest BCUT2D eigenvalue weighted by atomic mass is 9.77. The number of benzene rings is 1. The maximum atomic E-state index is 13.8. The van der Waals surface area contributed by atoms with E-state index >= 15 is 0 Å². The number of hydrogen-bond acceptors (Lipinski definition) is 6. The molecule has 1 aromatic carbocycles. The summed E-state index contributed by atoms with van der Waals surface area (Å²) in [6, 6.07) is 3.92. The molecular weight excluding hydrogens is 538 g/mol. The van der Waals surface area contributed by atoms with E-state index in [0.29, 0.717) is 76.5 Å². The standard InChI is InChI=1S/C31H45N5O6/c1-33-12-13-34(31(33)40)20-29(39)35-17-22-15-24(19-35)25-7-4-8-27(37)32-11-5-6-23-14-21(9-10-28(38)36(25)18-22)16-26(41-2)30(23)42-3/h14,16,22,24-25H,4-13,15,17-20H2,1-3H3,(H,32,37)/t22-,24+,25-/m0/s1. The minimum atomic E-state index is -0.102. The van der Waals surface area contributed by atoms with Crippen molar-refractivity contribution in [3.05, 3.63) is 23.3 Å². The molecule has 11 nitrogen and oxygen atoms in total. The molecule has 42 heavy (non-hydrogen) atoms. The molecule has 0 aromatic heterocycles. The second kappa shape index (κ2) is 13.2. The zero-order valence-corrected chi connectivity index (χ0v) is 25.2. The van der Waals surface area contributed by atoms with Gasteiger partial charge in [0.2, 0.25) is 17.7 Å². The van der Waals surface area contributed by atoms with Crippen LogP contribution in [0.3, 0.4) is 0 Å². The van der Waals surface area contributed by atoms with Gasteiger partial charge >= 0.3 is 6.03 Å². The van der Waals surface area contributed by atoms with Crippen molar-refractivity contribution in [2.45, 2.75) is 57.4 Å². The summed E-state index contributed by atoms with van der Waals surface area (Å²) in [5, 5.41) is 3.05. The Morgan fingerprint density at radius 1 is 0.976 bits per heavy atom. The molecular formula is C31H45N5O6. The van der Waals surface area contributed by atoms with E-state index < -0.39 is 0 Å². The number of likely N-dealkylation sites (N-methyl/N-ethyl adjacent to an activating group) is 1. The highest BCUT2D eigenvalue weighted by molar-refractivity contribution is 5.85. The molecule has 0 saturated carbocycles. The quantitative estimate of drug-likeness (QED) is 0.580. The molecule has 3 saturated heterocycles. The number of ether oxygens (including phenoxy) is 2. The Hall–Kier alpha value is -3.50. The molecule has 3 atom stereocenters. The van der Waals surface area contributed by atoms with Crippen LogP contribution in [0.1, 0.15) is 49.7 Å². The highest BCUT2D eigenvalue weighted by Crippen LogP contribution is 2.37. The van der Waals surface area contributed by atoms with Crippen molar-refractivity contribution in [2.75, 3.05) is 67.1 Å². The van der Waals surface area contributed by atoms with Gasteiger partial charge in [-0.15, -0.1) is 0 Å². The first-order valence-electron chi connectivity index (χ1n) is 15.3. The number of carbonyl (C=O) groups is 4. The average molecular weight is 584 g/mol. The summed E-state index contributed by atoms with van der Waals surface area (Å²) in [7, 11) is 5.00. The fraction of sp³-hybridized carbons (Fsp3) is 0.677. The molecule has 4 bridgehead atoms. The number of nitrogens with zero attached hydrogens (tertiary/aromatic N) is 4. The SMILES string of the molecule is COc1cc2cc(c1OC)CCCNC(=O)CCC[C@H]1[C@@H]3C[C@@H](CN(C(=O)CN4CCN(C)C4=O)C3)CN1C(=O)CC2. The third kappa shape index (κ3) is 6.60. The number of fused-ring (bicyclic) bond motifs is 6. The molecule has 4 heterocycles. The van der Waals surface area contributed by atoms with Crippen molar-refractivity contribution >= 4 is 23.8 Å². The third-order valence-corrected chi connectivity index (χ3v) is 9.36. The summed E-state index contributed by atoms with van der Waals surface area (Å²) in [4.78, 5) is 59.3. The second-order valence-electron chi connectivity index (χ2n) is 12.2. The van der Waals surface area contributed by atoms with Gasteiger partial charge in [-0.1, -0.05) is 6.07 Å². The molecule has 5 rings (SSSR count). The number of carbonyl (C=O) groups excluding carboxylic acids is 4. The molecule has 3 fully saturated rings. The summed E-state index contributed by atoms with van der Waals surface area (Å²) in [5.74, 6) is 1.82. The molecule has 1 N–H and O–H groups in total. The van der Waals surface area contributed by atoms with Crippen LogP contribution in [0.5, 0.6) is 11.5 Å². The van der Waals surface area contributed by atoms with E-state index in [4.69, 9.17) is 9.47 Å². The Morgan fingerprint density at radius 3 is 2.55 bits per heavy atom. The highest BCUT2D eigenvalue weighted by atomic mass is 16.5. The Bertz CT molecular complexity index is 1190. The van der Waals surface area contributed by atoms with E-state index in [2.05, 4.69) is 11.4 Å². The molecule has 0 spiro atoms. The van der Waals surface area contributed by atoms with Crippen molar-refractivity contribution in [2.24, 2.45) is 11.8 Å². The lowest BCUT2D eigenvalue weighted by Gasteiger charge is -2.51. The Kier molecular flexibility index (Phi) is 9.43. The van der Waals surface area contributed by atoms with Crippen LogP contribution in [-0.4, -0.2) is 116 Å². The molecule has 0 unspecified atom stereocenters. The van der Waals surface area contributed by atoms with Crippen LogP contribution in [0, 0.1) is 11.8 Å². The second-order valence-corrected chi connectivity index (χ2v) is 12.2. The van der Waals surface area contributed by atoms with Crippen LogP contribution in [0.15, 0.2) is 12.1 Å². The smallest absolute Gasteiger partial charge is 0.320 e. The topological polar surface area (TPSA) is 112 Å². The maximum Gasteiger partial charge on any atom is 0.320 e. The molecule has 11 heteroatoms. The number of rotatable bonds is 4. The predicted octanol–water partition coefficient (Wildman–Crippen LogP) is 1.91. The first-order valence-corrected chi connectivity index (χ1v) is 15.3. The third-order valence-electron chi connectivity index (χ3n) is 9.36. The van der Waals surface area contributed by atoms with Gasteiger partial charge in [0.15, 0.2) is 11.5 Å². The number of nitrogens with one attached hydrogen (secondary N) is 1. The van der Waals surface area contributed by atoms with Crippen molar-refractivity contribution in [3.63, 3.8) is 0 Å². The molecule has 230 valence electrons. The van der Waals surface area contributed by atoms with E-state index in [1.165, 1.54) is 0 Å². The lowest BCUT2D eigenvalue weighted by molar-refractivity contribution is -0.145. The maximum absolute atomic E-state index is 13.8. The van der Waals surface area contributed by atoms with Gasteiger partial charge in [0, 0.05) is 65.2 Å². The lowest BCUT2D eigenvalue weighted by Crippen LogP contribution is -2.60. The summed E-state index contributed by atoms with van der Waals surface area (Å²) in [6.45, 7) is 3.67. The first-order chi connectivity index (χ1) is 20.3. The number of methoxy groups -OCH3 is 2. The number of urea groups is 1. The van der Waals surface area contributed by atoms with Gasteiger partial charge in [-0.3, -0.25) is 14.4 Å². The normalized spacial score (nSPS) is 25.7. The van der Waals surface area contributed by atoms with Gasteiger partial charge in [0.25, 0.3) is 0 Å². The monoisotopic (exact) mass is 583 g/mol. The summed E-state index contributed by atoms with van der Waals surface area (Å²) < 4.78 is 11.3. The number of piperidine rings is 2. The largest absolute Gasteiger partial charge is 0.493 e. The first kappa shape index (κ1) is 30.0. The average Bonchev–Trinajstić information content (AvgIpc) is 3.30. The number of amides is 5. The van der Waals surface area contributed by atoms with E-state index in [1.54, 1.807) is 31.1 Å². The van der Waals surface area contributed by atoms with Gasteiger partial charge in [-0.25, -0.2) is 4.79 Å².